The lowest BCUT2D eigenvalue weighted by molar-refractivity contribution is -0.352. The van der Waals surface area contributed by atoms with E-state index in [4.69, 9.17) is 42.6 Å². The van der Waals surface area contributed by atoms with Gasteiger partial charge in [-0.1, -0.05) is 41.5 Å². The number of carbonyl (C=O) groups is 2. The largest absolute Gasteiger partial charge is 0.469 e. The van der Waals surface area contributed by atoms with Crippen LogP contribution in [0.2, 0.25) is 0 Å². The van der Waals surface area contributed by atoms with Crippen molar-refractivity contribution in [2.24, 2.45) is 35.5 Å². The van der Waals surface area contributed by atoms with E-state index in [2.05, 4.69) is 34.6 Å². The van der Waals surface area contributed by atoms with Crippen molar-refractivity contribution in [3.05, 3.63) is 0 Å². The van der Waals surface area contributed by atoms with Crippen LogP contribution < -0.4 is 0 Å². The molecule has 51 heavy (non-hydrogen) atoms. The number of ether oxygens (including phenoxy) is 9. The molecule has 1 N–H and O–H groups in total. The first-order chi connectivity index (χ1) is 24.0. The molecule has 0 aliphatic carbocycles. The van der Waals surface area contributed by atoms with Gasteiger partial charge in [0.1, 0.15) is 13.2 Å². The number of cyclic esters (lactones) is 1. The minimum absolute atomic E-state index is 0.0867. The fourth-order valence-electron chi connectivity index (χ4n) is 10.7. The molecule has 0 saturated carbocycles. The number of aliphatic hydroxyl groups is 1. The summed E-state index contributed by atoms with van der Waals surface area (Å²) in [4.78, 5) is 24.3. The molecule has 12 nitrogen and oxygen atoms in total. The van der Waals surface area contributed by atoms with E-state index in [1.54, 1.807) is 14.0 Å². The van der Waals surface area contributed by atoms with Crippen molar-refractivity contribution in [3.63, 3.8) is 0 Å². The number of hydrogen-bond acceptors (Lipinski definition) is 12. The molecular formula is C39H64O12. The van der Waals surface area contributed by atoms with Crippen LogP contribution in [0.4, 0.5) is 0 Å². The highest BCUT2D eigenvalue weighted by Gasteiger charge is 2.62. The molecular weight excluding hydrogens is 660 g/mol. The normalized spacial score (nSPS) is 49.2. The Morgan fingerprint density at radius 1 is 1.02 bits per heavy atom. The van der Waals surface area contributed by atoms with Crippen molar-refractivity contribution in [2.75, 3.05) is 27.4 Å². The zero-order valence-corrected chi connectivity index (χ0v) is 32.5. The molecule has 6 saturated heterocycles. The van der Waals surface area contributed by atoms with Crippen molar-refractivity contribution < 1.29 is 57.3 Å². The Kier molecular flexibility index (Phi) is 11.3. The molecule has 17 unspecified atom stereocenters. The first-order valence-corrected chi connectivity index (χ1v) is 19.5. The second kappa shape index (κ2) is 14.7. The van der Waals surface area contributed by atoms with Gasteiger partial charge in [-0.2, -0.15) is 0 Å². The Morgan fingerprint density at radius 3 is 2.41 bits per heavy atom. The second-order valence-electron chi connectivity index (χ2n) is 17.2. The predicted molar refractivity (Wildman–Crippen MR) is 184 cm³/mol. The third kappa shape index (κ3) is 7.03. The molecule has 292 valence electrons. The van der Waals surface area contributed by atoms with Gasteiger partial charge >= 0.3 is 11.9 Å². The van der Waals surface area contributed by atoms with Gasteiger partial charge in [0.05, 0.1) is 67.0 Å². The lowest BCUT2D eigenvalue weighted by atomic mass is 9.78. The van der Waals surface area contributed by atoms with Crippen molar-refractivity contribution in [3.8, 4) is 0 Å². The first kappa shape index (κ1) is 39.3. The quantitative estimate of drug-likeness (QED) is 0.322. The molecule has 2 spiro atoms. The summed E-state index contributed by atoms with van der Waals surface area (Å²) in [5.41, 5.74) is -1.10. The smallest absolute Gasteiger partial charge is 0.332 e. The van der Waals surface area contributed by atoms with Gasteiger partial charge in [-0.25, -0.2) is 4.79 Å². The molecule has 0 amide bonds. The van der Waals surface area contributed by atoms with Crippen LogP contribution in [0.1, 0.15) is 107 Å². The lowest BCUT2D eigenvalue weighted by Crippen LogP contribution is -2.60. The van der Waals surface area contributed by atoms with Crippen molar-refractivity contribution >= 4 is 11.9 Å². The fourth-order valence-corrected chi connectivity index (χ4v) is 10.7. The second-order valence-corrected chi connectivity index (χ2v) is 17.2. The van der Waals surface area contributed by atoms with Crippen LogP contribution in [0.25, 0.3) is 0 Å². The van der Waals surface area contributed by atoms with Crippen LogP contribution in [-0.4, -0.2) is 110 Å². The zero-order valence-electron chi connectivity index (χ0n) is 32.5. The summed E-state index contributed by atoms with van der Waals surface area (Å²) in [6.45, 7) is 16.7. The average molecular weight is 725 g/mol. The molecule has 6 fully saturated rings. The van der Waals surface area contributed by atoms with Gasteiger partial charge in [-0.15, -0.1) is 0 Å². The summed E-state index contributed by atoms with van der Waals surface area (Å²) in [5, 5.41) is 11.4. The molecule has 0 aromatic carbocycles. The van der Waals surface area contributed by atoms with Gasteiger partial charge in [0.25, 0.3) is 0 Å². The fraction of sp³-hybridized carbons (Fsp3) is 0.949. The predicted octanol–water partition coefficient (Wildman–Crippen LogP) is 4.95. The summed E-state index contributed by atoms with van der Waals surface area (Å²) < 4.78 is 57.0. The molecule has 6 aliphatic rings. The van der Waals surface area contributed by atoms with Gasteiger partial charge in [-0.05, 0) is 64.2 Å². The van der Waals surface area contributed by atoms with Crippen molar-refractivity contribution in [1.29, 1.82) is 0 Å². The van der Waals surface area contributed by atoms with Crippen LogP contribution in [0, 0.1) is 35.5 Å². The summed E-state index contributed by atoms with van der Waals surface area (Å²) in [5.74, 6) is -2.91. The molecule has 6 heterocycles. The standard InChI is InChI=1S/C39H64O12/c1-11-37(34-22(3)17-28(47-34)31-21(2)16-23(4)39(50-31)20-45-30(41)19-46-39)13-12-29(48-37)36(8)14-15-38(51-36)18-27(40)24(5)33(49-38)25(6)32(43-9)26(7)35(42)44-10/h21-29,31-34,40H,11-20H2,1-10H3. The van der Waals surface area contributed by atoms with Crippen LogP contribution in [0.3, 0.4) is 0 Å². The highest BCUT2D eigenvalue weighted by molar-refractivity contribution is 5.72. The maximum Gasteiger partial charge on any atom is 0.332 e. The first-order valence-electron chi connectivity index (χ1n) is 19.5. The Hall–Kier alpha value is -1.38. The van der Waals surface area contributed by atoms with E-state index in [1.165, 1.54) is 7.11 Å². The van der Waals surface area contributed by atoms with Gasteiger partial charge < -0.3 is 47.7 Å². The number of rotatable bonds is 9. The maximum absolute atomic E-state index is 12.5. The molecule has 0 aromatic heterocycles. The summed E-state index contributed by atoms with van der Waals surface area (Å²) >= 11 is 0. The van der Waals surface area contributed by atoms with Crippen LogP contribution in [-0.2, 0) is 52.2 Å². The SMILES string of the molecule is CCC1(C2OC(C3OC4(COC(=O)CO4)C(C)CC3C)CC2C)CCC(C2(C)CCC3(CC(O)C(C)C(C(C)C(OC)C(C)C(=O)OC)O3)O2)O1. The van der Waals surface area contributed by atoms with Gasteiger partial charge in [0.2, 0.25) is 5.79 Å². The summed E-state index contributed by atoms with van der Waals surface area (Å²) in [6, 6.07) is 0. The molecule has 0 bridgehead atoms. The van der Waals surface area contributed by atoms with Crippen molar-refractivity contribution in [2.45, 2.75) is 172 Å². The number of hydrogen-bond donors (Lipinski definition) is 1. The minimum atomic E-state index is -0.966. The number of aliphatic hydroxyl groups excluding tert-OH is 1. The van der Waals surface area contributed by atoms with Gasteiger partial charge in [0.15, 0.2) is 5.79 Å². The topological polar surface area (TPSA) is 137 Å². The average Bonchev–Trinajstić information content (AvgIpc) is 3.82. The summed E-state index contributed by atoms with van der Waals surface area (Å²) in [7, 11) is 2.98. The molecule has 0 radical (unpaired) electrons. The summed E-state index contributed by atoms with van der Waals surface area (Å²) in [6.07, 6.45) is 3.86. The van der Waals surface area contributed by atoms with E-state index in [1.807, 2.05) is 13.8 Å². The molecule has 6 aliphatic heterocycles. The monoisotopic (exact) mass is 724 g/mol. The van der Waals surface area contributed by atoms with E-state index < -0.39 is 47.0 Å². The highest BCUT2D eigenvalue weighted by Crippen LogP contribution is 2.55. The van der Waals surface area contributed by atoms with E-state index in [9.17, 15) is 14.7 Å². The third-order valence-corrected chi connectivity index (χ3v) is 13.8. The number of methoxy groups -OCH3 is 2. The molecule has 0 aromatic rings. The Balaban J connectivity index is 1.14. The van der Waals surface area contributed by atoms with Crippen LogP contribution >= 0.6 is 0 Å². The van der Waals surface area contributed by atoms with E-state index in [0.717, 1.165) is 38.5 Å². The van der Waals surface area contributed by atoms with Crippen LogP contribution in [0.5, 0.6) is 0 Å². The third-order valence-electron chi connectivity index (χ3n) is 13.8. The number of esters is 2. The molecule has 12 heteroatoms. The van der Waals surface area contributed by atoms with E-state index >= 15 is 0 Å². The minimum Gasteiger partial charge on any atom is -0.469 e. The Bertz CT molecular complexity index is 1250. The zero-order chi connectivity index (χ0) is 37.1. The van der Waals surface area contributed by atoms with Gasteiger partial charge in [-0.3, -0.25) is 4.79 Å². The Morgan fingerprint density at radius 2 is 1.76 bits per heavy atom. The lowest BCUT2D eigenvalue weighted by Gasteiger charge is -2.50. The highest BCUT2D eigenvalue weighted by atomic mass is 16.8. The van der Waals surface area contributed by atoms with E-state index in [0.29, 0.717) is 12.8 Å². The number of carbonyl (C=O) groups excluding carboxylic acids is 2. The molecule has 17 atom stereocenters. The van der Waals surface area contributed by atoms with Gasteiger partial charge in [0, 0.05) is 37.7 Å². The van der Waals surface area contributed by atoms with E-state index in [-0.39, 0.29) is 79.2 Å². The maximum atomic E-state index is 12.5. The van der Waals surface area contributed by atoms with Crippen LogP contribution in [0.15, 0.2) is 0 Å². The molecule has 6 rings (SSSR count). The Labute approximate surface area is 304 Å². The van der Waals surface area contributed by atoms with Crippen molar-refractivity contribution in [1.82, 2.24) is 0 Å².